The van der Waals surface area contributed by atoms with E-state index in [4.69, 9.17) is 5.73 Å². The molecule has 0 spiro atoms. The van der Waals surface area contributed by atoms with Gasteiger partial charge in [0.05, 0.1) is 29.7 Å². The zero-order valence-corrected chi connectivity index (χ0v) is 18.1. The van der Waals surface area contributed by atoms with Gasteiger partial charge in [-0.3, -0.25) is 14.2 Å². The molecule has 1 atom stereocenters. The Bertz CT molecular complexity index is 1300. The number of rotatable bonds is 6. The summed E-state index contributed by atoms with van der Waals surface area (Å²) in [4.78, 5) is 30.7. The summed E-state index contributed by atoms with van der Waals surface area (Å²) >= 11 is 4.45. The van der Waals surface area contributed by atoms with Crippen molar-refractivity contribution < 1.29 is 9.90 Å². The van der Waals surface area contributed by atoms with E-state index in [0.29, 0.717) is 26.5 Å². The van der Waals surface area contributed by atoms with Gasteiger partial charge in [0.25, 0.3) is 11.5 Å². The van der Waals surface area contributed by atoms with Crippen molar-refractivity contribution in [2.24, 2.45) is 5.73 Å². The van der Waals surface area contributed by atoms with Crippen molar-refractivity contribution >= 4 is 43.4 Å². The van der Waals surface area contributed by atoms with Gasteiger partial charge in [0, 0.05) is 4.47 Å². The highest BCUT2D eigenvalue weighted by molar-refractivity contribution is 9.10. The van der Waals surface area contributed by atoms with Crippen molar-refractivity contribution in [2.75, 3.05) is 0 Å². The third-order valence-corrected chi connectivity index (χ3v) is 6.28. The van der Waals surface area contributed by atoms with Crippen LogP contribution in [0.15, 0.2) is 39.9 Å². The molecule has 1 aromatic carbocycles. The van der Waals surface area contributed by atoms with E-state index >= 15 is 0 Å². The van der Waals surface area contributed by atoms with E-state index < -0.39 is 12.0 Å². The third-order valence-electron chi connectivity index (χ3n) is 4.54. The number of halogens is 1. The van der Waals surface area contributed by atoms with Gasteiger partial charge in [-0.25, -0.2) is 4.98 Å². The van der Waals surface area contributed by atoms with Crippen molar-refractivity contribution in [3.8, 4) is 0 Å². The first-order chi connectivity index (χ1) is 14.3. The van der Waals surface area contributed by atoms with Crippen LogP contribution in [0.2, 0.25) is 0 Å². The van der Waals surface area contributed by atoms with E-state index in [9.17, 15) is 14.7 Å². The molecule has 30 heavy (non-hydrogen) atoms. The molecule has 0 saturated heterocycles. The number of nitrogens with two attached hydrogens (primary N) is 1. The molecule has 4 rings (SSSR count). The van der Waals surface area contributed by atoms with Crippen LogP contribution < -0.4 is 11.3 Å². The number of hydrogen-bond acceptors (Lipinski definition) is 8. The zero-order valence-electron chi connectivity index (χ0n) is 15.7. The van der Waals surface area contributed by atoms with Crippen molar-refractivity contribution in [3.63, 3.8) is 0 Å². The van der Waals surface area contributed by atoms with Crippen molar-refractivity contribution in [1.29, 1.82) is 0 Å². The van der Waals surface area contributed by atoms with Crippen LogP contribution in [0, 0.1) is 6.92 Å². The number of aryl methyl sites for hydroxylation is 1. The summed E-state index contributed by atoms with van der Waals surface area (Å²) in [7, 11) is 0. The van der Waals surface area contributed by atoms with Gasteiger partial charge in [-0.1, -0.05) is 28.1 Å². The molecule has 0 radical (unpaired) electrons. The molecule has 1 amide bonds. The highest BCUT2D eigenvalue weighted by atomic mass is 79.9. The number of fused-ring (bicyclic) bond motifs is 1. The lowest BCUT2D eigenvalue weighted by Gasteiger charge is -2.09. The summed E-state index contributed by atoms with van der Waals surface area (Å²) in [5, 5.41) is 22.8. The molecule has 3 aromatic heterocycles. The summed E-state index contributed by atoms with van der Waals surface area (Å²) in [6.45, 7) is 1.84. The molecule has 12 heteroatoms. The number of nitrogens with zero attached hydrogens (tertiary/aromatic N) is 6. The van der Waals surface area contributed by atoms with Crippen LogP contribution in [-0.2, 0) is 13.1 Å². The predicted molar refractivity (Wildman–Crippen MR) is 113 cm³/mol. The fraction of sp³-hybridized carbons (Fsp3) is 0.222. The van der Waals surface area contributed by atoms with Gasteiger partial charge in [0.2, 0.25) is 0 Å². The third kappa shape index (κ3) is 3.88. The van der Waals surface area contributed by atoms with Gasteiger partial charge in [-0.15, -0.1) is 21.5 Å². The Kier molecular flexibility index (Phi) is 5.45. The number of carbonyl (C=O) groups is 1. The quantitative estimate of drug-likeness (QED) is 0.416. The highest BCUT2D eigenvalue weighted by Gasteiger charge is 2.18. The zero-order chi connectivity index (χ0) is 21.4. The second kappa shape index (κ2) is 8.05. The molecule has 10 nitrogen and oxygen atoms in total. The van der Waals surface area contributed by atoms with Crippen molar-refractivity contribution in [1.82, 2.24) is 29.8 Å². The number of carbonyl (C=O) groups excluding carboxylic acids is 1. The SMILES string of the molecule is Cc1c(C(N)=O)sc2ncn(Cc3nnn(C[C@H](O)c4ccc(Br)cc4)n3)c(=O)c12. The van der Waals surface area contributed by atoms with E-state index in [1.54, 1.807) is 19.1 Å². The minimum atomic E-state index is -0.804. The first kappa shape index (κ1) is 20.3. The first-order valence-electron chi connectivity index (χ1n) is 8.82. The maximum Gasteiger partial charge on any atom is 0.262 e. The van der Waals surface area contributed by atoms with Crippen LogP contribution in [0.5, 0.6) is 0 Å². The number of benzene rings is 1. The molecular weight excluding hydrogens is 474 g/mol. The maximum absolute atomic E-state index is 12.8. The fourth-order valence-corrected chi connectivity index (χ4v) is 4.28. The molecule has 0 aliphatic carbocycles. The summed E-state index contributed by atoms with van der Waals surface area (Å²) in [5.74, 6) is -0.292. The fourth-order valence-electron chi connectivity index (χ4n) is 3.02. The number of hydrogen-bond donors (Lipinski definition) is 2. The number of thiophene rings is 1. The van der Waals surface area contributed by atoms with Gasteiger partial charge in [-0.2, -0.15) is 4.80 Å². The molecule has 0 aliphatic heterocycles. The molecule has 4 aromatic rings. The van der Waals surface area contributed by atoms with Gasteiger partial charge in [-0.05, 0) is 35.4 Å². The molecular formula is C18H16BrN7O3S. The Labute approximate surface area is 182 Å². The second-order valence-corrected chi connectivity index (χ2v) is 8.52. The van der Waals surface area contributed by atoms with Crippen LogP contribution in [0.1, 0.15) is 32.7 Å². The lowest BCUT2D eigenvalue weighted by Crippen LogP contribution is -2.22. The van der Waals surface area contributed by atoms with E-state index in [-0.39, 0.29) is 18.6 Å². The van der Waals surface area contributed by atoms with Crippen LogP contribution >= 0.6 is 27.3 Å². The van der Waals surface area contributed by atoms with Gasteiger partial charge < -0.3 is 10.8 Å². The monoisotopic (exact) mass is 489 g/mol. The Morgan fingerprint density at radius 1 is 1.33 bits per heavy atom. The summed E-state index contributed by atoms with van der Waals surface area (Å²) in [5.41, 5.74) is 6.29. The standard InChI is InChI=1S/C18H16BrN7O3S/c1-9-14-17(30-15(9)16(20)28)21-8-25(18(14)29)7-13-22-24-26(23-13)6-12(27)10-2-4-11(19)5-3-10/h2-5,8,12,27H,6-7H2,1H3,(H2,20,28)/t12-/m0/s1. The summed E-state index contributed by atoms with van der Waals surface area (Å²) in [6, 6.07) is 7.28. The highest BCUT2D eigenvalue weighted by Crippen LogP contribution is 2.26. The molecule has 3 N–H and O–H groups in total. The molecule has 0 unspecified atom stereocenters. The second-order valence-electron chi connectivity index (χ2n) is 6.61. The average Bonchev–Trinajstić information content (AvgIpc) is 3.29. The molecule has 3 heterocycles. The normalized spacial score (nSPS) is 12.4. The molecule has 154 valence electrons. The molecule has 0 aliphatic rings. The number of aliphatic hydroxyl groups excluding tert-OH is 1. The Morgan fingerprint density at radius 2 is 2.07 bits per heavy atom. The minimum absolute atomic E-state index is 0.0529. The molecule has 0 bridgehead atoms. The van der Waals surface area contributed by atoms with Crippen LogP contribution in [-0.4, -0.2) is 40.8 Å². The van der Waals surface area contributed by atoms with Gasteiger partial charge in [0.1, 0.15) is 10.9 Å². The molecule has 0 fully saturated rings. The lowest BCUT2D eigenvalue weighted by atomic mass is 10.1. The van der Waals surface area contributed by atoms with E-state index in [0.717, 1.165) is 21.4 Å². The number of tetrazole rings is 1. The summed E-state index contributed by atoms with van der Waals surface area (Å²) in [6.07, 6.45) is 0.574. The lowest BCUT2D eigenvalue weighted by molar-refractivity contribution is 0.100. The van der Waals surface area contributed by atoms with Crippen LogP contribution in [0.25, 0.3) is 10.2 Å². The van der Waals surface area contributed by atoms with Gasteiger partial charge in [0.15, 0.2) is 5.82 Å². The largest absolute Gasteiger partial charge is 0.386 e. The predicted octanol–water partition coefficient (Wildman–Crippen LogP) is 1.40. The average molecular weight is 490 g/mol. The first-order valence-corrected chi connectivity index (χ1v) is 10.4. The minimum Gasteiger partial charge on any atom is -0.386 e. The van der Waals surface area contributed by atoms with Crippen molar-refractivity contribution in [2.45, 2.75) is 26.1 Å². The van der Waals surface area contributed by atoms with E-state index in [1.165, 1.54) is 15.7 Å². The van der Waals surface area contributed by atoms with E-state index in [1.807, 2.05) is 12.1 Å². The summed E-state index contributed by atoms with van der Waals surface area (Å²) < 4.78 is 2.26. The van der Waals surface area contributed by atoms with Crippen LogP contribution in [0.3, 0.4) is 0 Å². The number of aliphatic hydroxyl groups is 1. The van der Waals surface area contributed by atoms with Crippen LogP contribution in [0.4, 0.5) is 0 Å². The Morgan fingerprint density at radius 3 is 2.77 bits per heavy atom. The smallest absolute Gasteiger partial charge is 0.262 e. The maximum atomic E-state index is 12.8. The number of amides is 1. The Balaban J connectivity index is 1.55. The van der Waals surface area contributed by atoms with E-state index in [2.05, 4.69) is 36.3 Å². The number of aromatic nitrogens is 6. The number of primary amides is 1. The molecule has 0 saturated carbocycles. The van der Waals surface area contributed by atoms with Crippen molar-refractivity contribution in [3.05, 3.63) is 67.2 Å². The topological polar surface area (TPSA) is 142 Å². The Hall–Kier alpha value is -2.96. The van der Waals surface area contributed by atoms with Gasteiger partial charge >= 0.3 is 0 Å².